The van der Waals surface area contributed by atoms with E-state index in [1.807, 2.05) is 36.4 Å². The first-order valence-electron chi connectivity index (χ1n) is 10.4. The Bertz CT molecular complexity index is 899. The Morgan fingerprint density at radius 1 is 0.964 bits per heavy atom. The molecule has 4 nitrogen and oxygen atoms in total. The Kier molecular flexibility index (Phi) is 4.71. The molecule has 0 spiro atoms. The normalized spacial score (nSPS) is 26.8. The number of hydrogen-bond acceptors (Lipinski definition) is 4. The third-order valence-corrected chi connectivity index (χ3v) is 6.50. The van der Waals surface area contributed by atoms with Crippen molar-refractivity contribution in [3.8, 4) is 0 Å². The van der Waals surface area contributed by atoms with Crippen molar-refractivity contribution in [2.24, 2.45) is 0 Å². The van der Waals surface area contributed by atoms with Gasteiger partial charge in [-0.25, -0.2) is 0 Å². The second kappa shape index (κ2) is 7.36. The van der Waals surface area contributed by atoms with Crippen LogP contribution < -0.4 is 0 Å². The number of para-hydroxylation sites is 1. The highest BCUT2D eigenvalue weighted by Gasteiger charge is 2.46. The molecule has 2 aliphatic rings. The van der Waals surface area contributed by atoms with E-state index in [4.69, 9.17) is 4.42 Å². The second-order valence-electron chi connectivity index (χ2n) is 8.28. The number of likely N-dealkylation sites (tertiary alicyclic amines) is 2. The second-order valence-corrected chi connectivity index (χ2v) is 8.28. The lowest BCUT2D eigenvalue weighted by molar-refractivity contribution is -0.0966. The summed E-state index contributed by atoms with van der Waals surface area (Å²) in [6, 6.07) is 20.7. The van der Waals surface area contributed by atoms with E-state index < -0.39 is 5.60 Å². The van der Waals surface area contributed by atoms with E-state index in [1.54, 1.807) is 0 Å². The van der Waals surface area contributed by atoms with Crippen molar-refractivity contribution < 1.29 is 9.52 Å². The standard InChI is InChI=1S/C24H28N2O2/c27-24(20-9-2-1-3-10-20)12-15-25(18-23(24)26-13-6-7-14-26)17-21-16-19-8-4-5-11-22(19)28-21/h1-5,8-11,16,23,27H,6-7,12-15,17-18H2/t23-,24+/m1/s1. The number of aliphatic hydroxyl groups is 1. The number of benzene rings is 2. The fourth-order valence-electron chi connectivity index (χ4n) is 5.00. The molecule has 3 aromatic rings. The summed E-state index contributed by atoms with van der Waals surface area (Å²) in [5.74, 6) is 1.01. The largest absolute Gasteiger partial charge is 0.460 e. The van der Waals surface area contributed by atoms with Gasteiger partial charge in [0.25, 0.3) is 0 Å². The topological polar surface area (TPSA) is 39.9 Å². The van der Waals surface area contributed by atoms with E-state index in [1.165, 1.54) is 12.8 Å². The summed E-state index contributed by atoms with van der Waals surface area (Å²) in [5.41, 5.74) is 1.22. The molecule has 0 unspecified atom stereocenters. The van der Waals surface area contributed by atoms with Crippen molar-refractivity contribution >= 4 is 11.0 Å². The zero-order valence-electron chi connectivity index (χ0n) is 16.3. The van der Waals surface area contributed by atoms with Crippen molar-refractivity contribution in [1.29, 1.82) is 0 Å². The fourth-order valence-corrected chi connectivity index (χ4v) is 5.00. The van der Waals surface area contributed by atoms with Gasteiger partial charge in [0.1, 0.15) is 16.9 Å². The molecule has 1 aromatic heterocycles. The highest BCUT2D eigenvalue weighted by atomic mass is 16.3. The minimum Gasteiger partial charge on any atom is -0.460 e. The molecule has 2 fully saturated rings. The van der Waals surface area contributed by atoms with Crippen molar-refractivity contribution in [3.05, 3.63) is 72.0 Å². The first-order chi connectivity index (χ1) is 13.7. The molecule has 2 atom stereocenters. The van der Waals surface area contributed by atoms with Crippen molar-refractivity contribution in [2.75, 3.05) is 26.2 Å². The minimum absolute atomic E-state index is 0.121. The molecule has 4 heteroatoms. The van der Waals surface area contributed by atoms with Gasteiger partial charge in [-0.3, -0.25) is 9.80 Å². The summed E-state index contributed by atoms with van der Waals surface area (Å²) in [7, 11) is 0. The van der Waals surface area contributed by atoms with Crippen molar-refractivity contribution in [3.63, 3.8) is 0 Å². The third-order valence-electron chi connectivity index (χ3n) is 6.50. The van der Waals surface area contributed by atoms with Crippen LogP contribution in [0.5, 0.6) is 0 Å². The lowest BCUT2D eigenvalue weighted by Crippen LogP contribution is -2.60. The predicted molar refractivity (Wildman–Crippen MR) is 111 cm³/mol. The van der Waals surface area contributed by atoms with Crippen LogP contribution in [0.4, 0.5) is 0 Å². The molecule has 0 amide bonds. The maximum absolute atomic E-state index is 11.8. The molecular weight excluding hydrogens is 348 g/mol. The Hall–Kier alpha value is -2.14. The molecule has 0 aliphatic carbocycles. The molecule has 5 rings (SSSR count). The zero-order valence-corrected chi connectivity index (χ0v) is 16.3. The number of rotatable bonds is 4. The Labute approximate surface area is 166 Å². The maximum Gasteiger partial charge on any atom is 0.134 e. The van der Waals surface area contributed by atoms with Crippen LogP contribution in [-0.2, 0) is 12.1 Å². The SMILES string of the molecule is O[C@]1(c2ccccc2)CCN(Cc2cc3ccccc3o2)C[C@H]1N1CCCC1. The molecule has 1 N–H and O–H groups in total. The lowest BCUT2D eigenvalue weighted by Gasteiger charge is -2.48. The van der Waals surface area contributed by atoms with Crippen LogP contribution in [0.2, 0.25) is 0 Å². The molecule has 2 aromatic carbocycles. The van der Waals surface area contributed by atoms with E-state index in [0.29, 0.717) is 0 Å². The van der Waals surface area contributed by atoms with Gasteiger partial charge in [-0.15, -0.1) is 0 Å². The van der Waals surface area contributed by atoms with Gasteiger partial charge < -0.3 is 9.52 Å². The number of piperidine rings is 1. The summed E-state index contributed by atoms with van der Waals surface area (Å²) in [6.45, 7) is 4.69. The van der Waals surface area contributed by atoms with Crippen LogP contribution in [0.25, 0.3) is 11.0 Å². The quantitative estimate of drug-likeness (QED) is 0.747. The number of furan rings is 1. The summed E-state index contributed by atoms with van der Waals surface area (Å²) < 4.78 is 6.05. The van der Waals surface area contributed by atoms with E-state index in [9.17, 15) is 5.11 Å². The Morgan fingerprint density at radius 3 is 2.50 bits per heavy atom. The maximum atomic E-state index is 11.8. The lowest BCUT2D eigenvalue weighted by atomic mass is 9.79. The van der Waals surface area contributed by atoms with Gasteiger partial charge in [0, 0.05) is 18.5 Å². The molecule has 2 aliphatic heterocycles. The van der Waals surface area contributed by atoms with Crippen molar-refractivity contribution in [2.45, 2.75) is 37.5 Å². The van der Waals surface area contributed by atoms with Crippen LogP contribution in [0.1, 0.15) is 30.6 Å². The zero-order chi connectivity index (χ0) is 19.0. The van der Waals surface area contributed by atoms with Gasteiger partial charge in [-0.2, -0.15) is 0 Å². The van der Waals surface area contributed by atoms with Crippen LogP contribution in [-0.4, -0.2) is 47.1 Å². The van der Waals surface area contributed by atoms with E-state index >= 15 is 0 Å². The van der Waals surface area contributed by atoms with Crippen LogP contribution in [0.15, 0.2) is 65.1 Å². The van der Waals surface area contributed by atoms with Gasteiger partial charge in [-0.05, 0) is 50.0 Å². The minimum atomic E-state index is -0.782. The number of fused-ring (bicyclic) bond motifs is 1. The predicted octanol–water partition coefficient (Wildman–Crippen LogP) is 3.99. The van der Waals surface area contributed by atoms with Crippen LogP contribution >= 0.6 is 0 Å². The van der Waals surface area contributed by atoms with Crippen molar-refractivity contribution in [1.82, 2.24) is 9.80 Å². The first kappa shape index (κ1) is 17.9. The van der Waals surface area contributed by atoms with Gasteiger partial charge >= 0.3 is 0 Å². The molecule has 0 saturated carbocycles. The molecule has 0 bridgehead atoms. The Morgan fingerprint density at radius 2 is 1.71 bits per heavy atom. The highest BCUT2D eigenvalue weighted by molar-refractivity contribution is 5.77. The van der Waals surface area contributed by atoms with Gasteiger partial charge in [0.05, 0.1) is 12.6 Å². The number of nitrogens with zero attached hydrogens (tertiary/aromatic N) is 2. The van der Waals surface area contributed by atoms with Gasteiger partial charge in [-0.1, -0.05) is 48.5 Å². The smallest absolute Gasteiger partial charge is 0.134 e. The van der Waals surface area contributed by atoms with Gasteiger partial charge in [0.15, 0.2) is 0 Å². The molecule has 3 heterocycles. The van der Waals surface area contributed by atoms with Crippen LogP contribution in [0.3, 0.4) is 0 Å². The summed E-state index contributed by atoms with van der Waals surface area (Å²) in [6.07, 6.45) is 3.20. The average molecular weight is 377 g/mol. The third kappa shape index (κ3) is 3.26. The molecule has 146 valence electrons. The molecule has 2 saturated heterocycles. The number of hydrogen-bond donors (Lipinski definition) is 1. The fraction of sp³-hybridized carbons (Fsp3) is 0.417. The van der Waals surface area contributed by atoms with E-state index in [0.717, 1.165) is 61.4 Å². The molecule has 28 heavy (non-hydrogen) atoms. The summed E-state index contributed by atoms with van der Waals surface area (Å²) >= 11 is 0. The monoisotopic (exact) mass is 376 g/mol. The Balaban J connectivity index is 1.39. The average Bonchev–Trinajstić information content (AvgIpc) is 3.39. The van der Waals surface area contributed by atoms with E-state index in [-0.39, 0.29) is 6.04 Å². The first-order valence-corrected chi connectivity index (χ1v) is 10.4. The summed E-state index contributed by atoms with van der Waals surface area (Å²) in [5, 5.41) is 12.9. The highest BCUT2D eigenvalue weighted by Crippen LogP contribution is 2.38. The molecule has 0 radical (unpaired) electrons. The van der Waals surface area contributed by atoms with Gasteiger partial charge in [0.2, 0.25) is 0 Å². The summed E-state index contributed by atoms with van der Waals surface area (Å²) in [4.78, 5) is 4.94. The van der Waals surface area contributed by atoms with E-state index in [2.05, 4.69) is 34.1 Å². The molecular formula is C24H28N2O2. The van der Waals surface area contributed by atoms with Crippen LogP contribution in [0, 0.1) is 0 Å².